The molecule has 1 unspecified atom stereocenters. The van der Waals surface area contributed by atoms with Crippen molar-refractivity contribution in [3.63, 3.8) is 0 Å². The van der Waals surface area contributed by atoms with Crippen LogP contribution in [0.2, 0.25) is 5.02 Å². The molecule has 1 amide bonds. The molecule has 0 aliphatic heterocycles. The molecule has 0 aliphatic carbocycles. The third-order valence-corrected chi connectivity index (χ3v) is 3.29. The van der Waals surface area contributed by atoms with Gasteiger partial charge in [-0.3, -0.25) is 9.69 Å². The van der Waals surface area contributed by atoms with E-state index in [0.717, 1.165) is 5.56 Å². The Morgan fingerprint density at radius 3 is 2.45 bits per heavy atom. The fraction of sp³-hybridized carbons (Fsp3) is 0.500. The second-order valence-electron chi connectivity index (χ2n) is 4.53. The number of hydrogen-bond acceptors (Lipinski definition) is 4. The Labute approximate surface area is 124 Å². The van der Waals surface area contributed by atoms with Gasteiger partial charge in [0.15, 0.2) is 0 Å². The molecule has 0 heterocycles. The average Bonchev–Trinajstić information content (AvgIpc) is 2.39. The standard InChI is InChI=1S/C14H21ClN2O3/c1-11(12-4-2-3-5-13(12)15)16-14(20)10-17(6-8-18)7-9-19/h2-5,11,18-19H,6-10H2,1H3,(H,16,20). The predicted molar refractivity (Wildman–Crippen MR) is 78.6 cm³/mol. The minimum atomic E-state index is -0.193. The Morgan fingerprint density at radius 2 is 1.90 bits per heavy atom. The predicted octanol–water partition coefficient (Wildman–Crippen LogP) is 0.804. The van der Waals surface area contributed by atoms with Gasteiger partial charge in [0.1, 0.15) is 0 Å². The summed E-state index contributed by atoms with van der Waals surface area (Å²) >= 11 is 6.08. The van der Waals surface area contributed by atoms with Gasteiger partial charge in [0.05, 0.1) is 25.8 Å². The van der Waals surface area contributed by atoms with Crippen molar-refractivity contribution in [1.82, 2.24) is 10.2 Å². The number of carbonyl (C=O) groups excluding carboxylic acids is 1. The van der Waals surface area contributed by atoms with Crippen molar-refractivity contribution in [3.8, 4) is 0 Å². The van der Waals surface area contributed by atoms with Gasteiger partial charge in [-0.15, -0.1) is 0 Å². The summed E-state index contributed by atoms with van der Waals surface area (Å²) in [5.74, 6) is -0.167. The molecule has 1 atom stereocenters. The maximum Gasteiger partial charge on any atom is 0.234 e. The van der Waals surface area contributed by atoms with Gasteiger partial charge < -0.3 is 15.5 Å². The highest BCUT2D eigenvalue weighted by Crippen LogP contribution is 2.21. The molecule has 0 aliphatic rings. The van der Waals surface area contributed by atoms with E-state index in [-0.39, 0.29) is 31.7 Å². The number of hydrogen-bond donors (Lipinski definition) is 3. The summed E-state index contributed by atoms with van der Waals surface area (Å²) in [4.78, 5) is 13.6. The summed E-state index contributed by atoms with van der Waals surface area (Å²) in [5, 5.41) is 21.3. The lowest BCUT2D eigenvalue weighted by atomic mass is 10.1. The number of aliphatic hydroxyl groups excluding tert-OH is 2. The number of halogens is 1. The van der Waals surface area contributed by atoms with Gasteiger partial charge in [-0.25, -0.2) is 0 Å². The van der Waals surface area contributed by atoms with E-state index in [1.165, 1.54) is 0 Å². The minimum absolute atomic E-state index is 0.0483. The summed E-state index contributed by atoms with van der Waals surface area (Å²) in [5.41, 5.74) is 0.860. The molecule has 1 aromatic rings. The van der Waals surface area contributed by atoms with E-state index in [1.807, 2.05) is 25.1 Å². The Balaban J connectivity index is 2.54. The number of nitrogens with one attached hydrogen (secondary N) is 1. The zero-order valence-corrected chi connectivity index (χ0v) is 12.3. The van der Waals surface area contributed by atoms with Gasteiger partial charge in [-0.2, -0.15) is 0 Å². The van der Waals surface area contributed by atoms with Crippen molar-refractivity contribution < 1.29 is 15.0 Å². The normalized spacial score (nSPS) is 12.4. The monoisotopic (exact) mass is 300 g/mol. The van der Waals surface area contributed by atoms with Crippen LogP contribution in [0.25, 0.3) is 0 Å². The smallest absolute Gasteiger partial charge is 0.234 e. The molecule has 0 saturated carbocycles. The van der Waals surface area contributed by atoms with E-state index < -0.39 is 0 Å². The number of rotatable bonds is 8. The van der Waals surface area contributed by atoms with Crippen LogP contribution in [0.4, 0.5) is 0 Å². The number of carbonyl (C=O) groups is 1. The van der Waals surface area contributed by atoms with E-state index in [1.54, 1.807) is 11.0 Å². The lowest BCUT2D eigenvalue weighted by molar-refractivity contribution is -0.123. The van der Waals surface area contributed by atoms with E-state index in [2.05, 4.69) is 5.32 Å². The average molecular weight is 301 g/mol. The minimum Gasteiger partial charge on any atom is -0.395 e. The van der Waals surface area contributed by atoms with Crippen LogP contribution in [0.5, 0.6) is 0 Å². The highest BCUT2D eigenvalue weighted by atomic mass is 35.5. The van der Waals surface area contributed by atoms with Crippen LogP contribution in [0.3, 0.4) is 0 Å². The first kappa shape index (κ1) is 16.9. The van der Waals surface area contributed by atoms with Crippen LogP contribution in [0, 0.1) is 0 Å². The van der Waals surface area contributed by atoms with Crippen LogP contribution in [0.1, 0.15) is 18.5 Å². The first-order valence-corrected chi connectivity index (χ1v) is 6.94. The molecule has 0 bridgehead atoms. The Morgan fingerprint density at radius 1 is 1.30 bits per heavy atom. The third-order valence-electron chi connectivity index (χ3n) is 2.95. The van der Waals surface area contributed by atoms with Crippen molar-refractivity contribution in [2.45, 2.75) is 13.0 Å². The molecular weight excluding hydrogens is 280 g/mol. The van der Waals surface area contributed by atoms with E-state index in [0.29, 0.717) is 18.1 Å². The molecular formula is C14H21ClN2O3. The number of nitrogens with zero attached hydrogens (tertiary/aromatic N) is 1. The van der Waals surface area contributed by atoms with E-state index in [9.17, 15) is 4.79 Å². The molecule has 5 nitrogen and oxygen atoms in total. The third kappa shape index (κ3) is 5.46. The first-order chi connectivity index (χ1) is 9.58. The van der Waals surface area contributed by atoms with E-state index >= 15 is 0 Å². The molecule has 1 aromatic carbocycles. The molecule has 0 fully saturated rings. The van der Waals surface area contributed by atoms with Crippen molar-refractivity contribution >= 4 is 17.5 Å². The molecule has 0 radical (unpaired) electrons. The second-order valence-corrected chi connectivity index (χ2v) is 4.94. The molecule has 3 N–H and O–H groups in total. The van der Waals surface area contributed by atoms with Gasteiger partial charge in [0.2, 0.25) is 5.91 Å². The lowest BCUT2D eigenvalue weighted by Gasteiger charge is -2.21. The maximum atomic E-state index is 11.9. The highest BCUT2D eigenvalue weighted by molar-refractivity contribution is 6.31. The number of aliphatic hydroxyl groups is 2. The van der Waals surface area contributed by atoms with Crippen molar-refractivity contribution in [2.75, 3.05) is 32.8 Å². The molecule has 112 valence electrons. The summed E-state index contributed by atoms with van der Waals surface area (Å²) < 4.78 is 0. The Kier molecular flexibility index (Phi) is 7.54. The van der Waals surface area contributed by atoms with Crippen molar-refractivity contribution in [1.29, 1.82) is 0 Å². The number of amides is 1. The van der Waals surface area contributed by atoms with Gasteiger partial charge in [-0.05, 0) is 18.6 Å². The van der Waals surface area contributed by atoms with Gasteiger partial charge in [-0.1, -0.05) is 29.8 Å². The zero-order valence-electron chi connectivity index (χ0n) is 11.6. The van der Waals surface area contributed by atoms with Crippen molar-refractivity contribution in [2.24, 2.45) is 0 Å². The van der Waals surface area contributed by atoms with Gasteiger partial charge in [0, 0.05) is 18.1 Å². The van der Waals surface area contributed by atoms with Gasteiger partial charge in [0.25, 0.3) is 0 Å². The maximum absolute atomic E-state index is 11.9. The molecule has 20 heavy (non-hydrogen) atoms. The summed E-state index contributed by atoms with van der Waals surface area (Å²) in [6.45, 7) is 2.61. The summed E-state index contributed by atoms with van der Waals surface area (Å²) in [7, 11) is 0. The van der Waals surface area contributed by atoms with Crippen LogP contribution in [0.15, 0.2) is 24.3 Å². The SMILES string of the molecule is CC(NC(=O)CN(CCO)CCO)c1ccccc1Cl. The van der Waals surface area contributed by atoms with Crippen LogP contribution >= 0.6 is 11.6 Å². The largest absolute Gasteiger partial charge is 0.395 e. The molecule has 1 rings (SSSR count). The summed E-state index contributed by atoms with van der Waals surface area (Å²) in [6, 6.07) is 7.16. The molecule has 6 heteroatoms. The topological polar surface area (TPSA) is 72.8 Å². The quantitative estimate of drug-likeness (QED) is 0.664. The Bertz CT molecular complexity index is 423. The first-order valence-electron chi connectivity index (χ1n) is 6.56. The zero-order chi connectivity index (χ0) is 15.0. The van der Waals surface area contributed by atoms with E-state index in [4.69, 9.17) is 21.8 Å². The molecule has 0 saturated heterocycles. The fourth-order valence-electron chi connectivity index (χ4n) is 1.95. The fourth-order valence-corrected chi connectivity index (χ4v) is 2.25. The van der Waals surface area contributed by atoms with Gasteiger partial charge >= 0.3 is 0 Å². The summed E-state index contributed by atoms with van der Waals surface area (Å²) in [6.07, 6.45) is 0. The van der Waals surface area contributed by atoms with Crippen molar-refractivity contribution in [3.05, 3.63) is 34.9 Å². The molecule has 0 spiro atoms. The van der Waals surface area contributed by atoms with Crippen LogP contribution in [-0.2, 0) is 4.79 Å². The highest BCUT2D eigenvalue weighted by Gasteiger charge is 2.14. The molecule has 0 aromatic heterocycles. The second kappa shape index (κ2) is 8.92. The number of benzene rings is 1. The lowest BCUT2D eigenvalue weighted by Crippen LogP contribution is -2.40. The Hall–Kier alpha value is -1.14. The van der Waals surface area contributed by atoms with Crippen LogP contribution < -0.4 is 5.32 Å². The van der Waals surface area contributed by atoms with Crippen LogP contribution in [-0.4, -0.2) is 53.9 Å².